The molecular weight excluding hydrogens is 318 g/mol. The molecule has 1 aliphatic heterocycles. The standard InChI is InChI=1S/C17H19N7O/c1-10-3-2-8-24(10,17(19)25)13-5-7-20-15-14(13)11(9-22-15)12-4-6-21-16(18)23-12/h4-7,9-10H,2-3,8H2,1H3,(H4-,18,19,20,21,22,23,25)/p+1/t10-,24?/m1/s1. The number of carbonyl (C=O) groups excluding carboxylic acids is 1. The molecule has 2 atom stereocenters. The van der Waals surface area contributed by atoms with Gasteiger partial charge in [-0.3, -0.25) is 0 Å². The number of aromatic amines is 1. The lowest BCUT2D eigenvalue weighted by Crippen LogP contribution is -2.59. The lowest BCUT2D eigenvalue weighted by Gasteiger charge is -2.33. The summed E-state index contributed by atoms with van der Waals surface area (Å²) >= 11 is 0. The number of nitrogens with zero attached hydrogens (tertiary/aromatic N) is 4. The van der Waals surface area contributed by atoms with Crippen LogP contribution in [0.25, 0.3) is 22.3 Å². The summed E-state index contributed by atoms with van der Waals surface area (Å²) in [6.07, 6.45) is 7.06. The molecule has 4 heterocycles. The second-order valence-corrected chi connectivity index (χ2v) is 6.48. The number of urea groups is 1. The number of amides is 2. The number of nitrogens with two attached hydrogens (primary N) is 2. The summed E-state index contributed by atoms with van der Waals surface area (Å²) in [5, 5.41) is 0.855. The van der Waals surface area contributed by atoms with Crippen LogP contribution in [-0.4, -0.2) is 38.6 Å². The van der Waals surface area contributed by atoms with Gasteiger partial charge >= 0.3 is 6.03 Å². The second-order valence-electron chi connectivity index (χ2n) is 6.48. The molecule has 1 aliphatic rings. The van der Waals surface area contributed by atoms with E-state index in [1.807, 2.05) is 12.3 Å². The highest BCUT2D eigenvalue weighted by Crippen LogP contribution is 2.42. The zero-order valence-electron chi connectivity index (χ0n) is 13.9. The van der Waals surface area contributed by atoms with Gasteiger partial charge < -0.3 is 16.5 Å². The Hall–Kier alpha value is -3.00. The van der Waals surface area contributed by atoms with Crippen LogP contribution in [0.1, 0.15) is 19.8 Å². The number of anilines is 1. The number of quaternary nitrogens is 1. The van der Waals surface area contributed by atoms with Crippen molar-refractivity contribution in [2.45, 2.75) is 25.8 Å². The number of primary amides is 1. The van der Waals surface area contributed by atoms with Gasteiger partial charge in [-0.2, -0.15) is 0 Å². The van der Waals surface area contributed by atoms with Gasteiger partial charge in [0.05, 0.1) is 23.7 Å². The first-order valence-corrected chi connectivity index (χ1v) is 8.27. The maximum absolute atomic E-state index is 12.5. The molecule has 3 aromatic heterocycles. The average molecular weight is 338 g/mol. The van der Waals surface area contributed by atoms with Crippen molar-refractivity contribution in [3.05, 3.63) is 30.7 Å². The van der Waals surface area contributed by atoms with Crippen molar-refractivity contribution in [1.29, 1.82) is 0 Å². The minimum Gasteiger partial charge on any atom is -0.368 e. The maximum atomic E-state index is 12.5. The van der Waals surface area contributed by atoms with Crippen molar-refractivity contribution in [3.8, 4) is 11.3 Å². The molecule has 2 amide bonds. The van der Waals surface area contributed by atoms with Gasteiger partial charge in [0.15, 0.2) is 5.69 Å². The highest BCUT2D eigenvalue weighted by atomic mass is 16.2. The van der Waals surface area contributed by atoms with Gasteiger partial charge in [-0.05, 0) is 13.0 Å². The predicted molar refractivity (Wildman–Crippen MR) is 96.5 cm³/mol. The zero-order chi connectivity index (χ0) is 17.6. The molecule has 0 aliphatic carbocycles. The van der Waals surface area contributed by atoms with Gasteiger partial charge in [0, 0.05) is 43.1 Å². The molecule has 0 spiro atoms. The summed E-state index contributed by atoms with van der Waals surface area (Å²) in [6, 6.07) is 3.45. The van der Waals surface area contributed by atoms with Crippen LogP contribution in [0, 0.1) is 0 Å². The van der Waals surface area contributed by atoms with Crippen LogP contribution in [0.5, 0.6) is 0 Å². The number of nitrogens with one attached hydrogen (secondary N) is 1. The van der Waals surface area contributed by atoms with Crippen LogP contribution >= 0.6 is 0 Å². The molecule has 1 unspecified atom stereocenters. The van der Waals surface area contributed by atoms with E-state index in [1.54, 1.807) is 18.5 Å². The Labute approximate surface area is 144 Å². The Kier molecular flexibility index (Phi) is 3.43. The van der Waals surface area contributed by atoms with E-state index in [4.69, 9.17) is 11.5 Å². The Balaban J connectivity index is 2.03. The van der Waals surface area contributed by atoms with E-state index in [-0.39, 0.29) is 22.5 Å². The van der Waals surface area contributed by atoms with E-state index in [0.717, 1.165) is 29.5 Å². The van der Waals surface area contributed by atoms with Crippen molar-refractivity contribution in [3.63, 3.8) is 0 Å². The van der Waals surface area contributed by atoms with Crippen LogP contribution in [0.4, 0.5) is 16.4 Å². The molecule has 1 saturated heterocycles. The molecule has 0 radical (unpaired) electrons. The number of aromatic nitrogens is 4. The minimum atomic E-state index is -0.341. The predicted octanol–water partition coefficient (Wildman–Crippen LogP) is 2.17. The van der Waals surface area contributed by atoms with Crippen molar-refractivity contribution >= 4 is 28.7 Å². The summed E-state index contributed by atoms with van der Waals surface area (Å²) in [7, 11) is 0. The number of fused-ring (bicyclic) bond motifs is 1. The number of nitrogen functional groups attached to an aromatic ring is 1. The summed E-state index contributed by atoms with van der Waals surface area (Å²) in [6.45, 7) is 2.76. The molecule has 8 heteroatoms. The largest absolute Gasteiger partial charge is 0.419 e. The first-order chi connectivity index (χ1) is 12.0. The summed E-state index contributed by atoms with van der Waals surface area (Å²) < 4.78 is 0.129. The SMILES string of the molecule is C[C@@H]1CCC[N+]1(C(N)=O)c1ccnc2[nH]cc(-c3ccnc(N)n3)c12. The summed E-state index contributed by atoms with van der Waals surface area (Å²) in [5.41, 5.74) is 14.7. The Bertz CT molecular complexity index is 967. The average Bonchev–Trinajstić information content (AvgIpc) is 3.19. The van der Waals surface area contributed by atoms with E-state index in [1.165, 1.54) is 0 Å². The monoisotopic (exact) mass is 338 g/mol. The summed E-state index contributed by atoms with van der Waals surface area (Å²) in [5.74, 6) is 0.200. The van der Waals surface area contributed by atoms with Gasteiger partial charge in [-0.1, -0.05) is 0 Å². The molecule has 3 aromatic rings. The molecule has 0 saturated carbocycles. The Morgan fingerprint density at radius 3 is 2.80 bits per heavy atom. The van der Waals surface area contributed by atoms with Crippen molar-refractivity contribution in [2.24, 2.45) is 5.73 Å². The van der Waals surface area contributed by atoms with E-state index in [2.05, 4.69) is 26.9 Å². The zero-order valence-corrected chi connectivity index (χ0v) is 13.9. The van der Waals surface area contributed by atoms with E-state index in [9.17, 15) is 4.79 Å². The van der Waals surface area contributed by atoms with E-state index in [0.29, 0.717) is 17.9 Å². The fourth-order valence-electron chi connectivity index (χ4n) is 3.98. The maximum Gasteiger partial charge on any atom is 0.419 e. The van der Waals surface area contributed by atoms with Gasteiger partial charge in [0.25, 0.3) is 0 Å². The fraction of sp³-hybridized carbons (Fsp3) is 0.294. The second kappa shape index (κ2) is 5.52. The van der Waals surface area contributed by atoms with E-state index < -0.39 is 0 Å². The Morgan fingerprint density at radius 2 is 2.12 bits per heavy atom. The number of pyridine rings is 1. The third-order valence-electron chi connectivity index (χ3n) is 5.21. The van der Waals surface area contributed by atoms with Crippen molar-refractivity contribution in [2.75, 3.05) is 12.3 Å². The number of H-pyrrole nitrogens is 1. The molecule has 25 heavy (non-hydrogen) atoms. The van der Waals surface area contributed by atoms with Crippen LogP contribution in [0.15, 0.2) is 30.7 Å². The third-order valence-corrected chi connectivity index (χ3v) is 5.21. The van der Waals surface area contributed by atoms with Gasteiger partial charge in [-0.25, -0.2) is 24.2 Å². The molecular formula is C17H20N7O+. The molecule has 1 fully saturated rings. The molecule has 8 nitrogen and oxygen atoms in total. The van der Waals surface area contributed by atoms with Crippen LogP contribution < -0.4 is 16.0 Å². The summed E-state index contributed by atoms with van der Waals surface area (Å²) in [4.78, 5) is 28.4. The number of hydrogen-bond donors (Lipinski definition) is 3. The van der Waals surface area contributed by atoms with E-state index >= 15 is 0 Å². The number of hydrogen-bond acceptors (Lipinski definition) is 5. The van der Waals surface area contributed by atoms with Gasteiger partial charge in [-0.15, -0.1) is 0 Å². The first kappa shape index (κ1) is 15.5. The van der Waals surface area contributed by atoms with Crippen molar-refractivity contribution in [1.82, 2.24) is 24.4 Å². The molecule has 4 rings (SSSR count). The van der Waals surface area contributed by atoms with Crippen molar-refractivity contribution < 1.29 is 4.79 Å². The minimum absolute atomic E-state index is 0.112. The molecule has 128 valence electrons. The normalized spacial score (nSPS) is 23.2. The van der Waals surface area contributed by atoms with Crippen LogP contribution in [0.2, 0.25) is 0 Å². The molecule has 0 bridgehead atoms. The van der Waals surface area contributed by atoms with Crippen LogP contribution in [-0.2, 0) is 0 Å². The third kappa shape index (κ3) is 2.18. The highest BCUT2D eigenvalue weighted by molar-refractivity contribution is 6.05. The first-order valence-electron chi connectivity index (χ1n) is 8.27. The van der Waals surface area contributed by atoms with Gasteiger partial charge in [0.2, 0.25) is 5.95 Å². The fourth-order valence-corrected chi connectivity index (χ4v) is 3.98. The number of carbonyl (C=O) groups is 1. The van der Waals surface area contributed by atoms with Crippen LogP contribution in [0.3, 0.4) is 0 Å². The molecule has 0 aromatic carbocycles. The lowest BCUT2D eigenvalue weighted by molar-refractivity contribution is 0.206. The topological polar surface area (TPSA) is 124 Å². The number of rotatable bonds is 2. The Morgan fingerprint density at radius 1 is 1.32 bits per heavy atom. The highest BCUT2D eigenvalue weighted by Gasteiger charge is 2.48. The smallest absolute Gasteiger partial charge is 0.368 e. The molecule has 5 N–H and O–H groups in total. The number of likely N-dealkylation sites (tertiary alicyclic amines) is 1. The lowest BCUT2D eigenvalue weighted by atomic mass is 10.1. The van der Waals surface area contributed by atoms with Gasteiger partial charge in [0.1, 0.15) is 5.65 Å². The quantitative estimate of drug-likeness (QED) is 0.618.